The molecule has 0 N–H and O–H groups in total. The SMILES string of the molecule is COCCC1(c2noc(-c3ccc(F)cc3)n2)CCCN(C(=O)C2CC2)C1. The van der Waals surface area contributed by atoms with E-state index in [-0.39, 0.29) is 23.1 Å². The Morgan fingerprint density at radius 1 is 1.37 bits per heavy atom. The molecule has 2 heterocycles. The maximum Gasteiger partial charge on any atom is 0.257 e. The van der Waals surface area contributed by atoms with Crippen LogP contribution in [0.5, 0.6) is 0 Å². The van der Waals surface area contributed by atoms with Crippen molar-refractivity contribution in [1.82, 2.24) is 15.0 Å². The molecule has 2 fully saturated rings. The van der Waals surface area contributed by atoms with E-state index < -0.39 is 0 Å². The Hall–Kier alpha value is -2.28. The third-order valence-corrected chi connectivity index (χ3v) is 5.59. The van der Waals surface area contributed by atoms with Crippen LogP contribution in [0.25, 0.3) is 11.5 Å². The van der Waals surface area contributed by atoms with Gasteiger partial charge in [-0.1, -0.05) is 5.16 Å². The molecular weight excluding hydrogens is 349 g/mol. The summed E-state index contributed by atoms with van der Waals surface area (Å²) in [6.07, 6.45) is 4.50. The Morgan fingerprint density at radius 3 is 2.85 bits per heavy atom. The first-order chi connectivity index (χ1) is 13.1. The lowest BCUT2D eigenvalue weighted by molar-refractivity contribution is -0.135. The van der Waals surface area contributed by atoms with Crippen LogP contribution in [-0.2, 0) is 14.9 Å². The highest BCUT2D eigenvalue weighted by Gasteiger charge is 2.44. The van der Waals surface area contributed by atoms with Gasteiger partial charge in [0.15, 0.2) is 5.82 Å². The van der Waals surface area contributed by atoms with Crippen LogP contribution >= 0.6 is 0 Å². The first-order valence-electron chi connectivity index (χ1n) is 9.49. The van der Waals surface area contributed by atoms with Crippen molar-refractivity contribution in [1.29, 1.82) is 0 Å². The van der Waals surface area contributed by atoms with Crippen molar-refractivity contribution in [2.45, 2.75) is 37.5 Å². The Bertz CT molecular complexity index is 803. The van der Waals surface area contributed by atoms with E-state index in [4.69, 9.17) is 9.26 Å². The number of ether oxygens (including phenoxy) is 1. The van der Waals surface area contributed by atoms with Crippen molar-refractivity contribution in [2.24, 2.45) is 5.92 Å². The molecule has 2 aromatic rings. The highest BCUT2D eigenvalue weighted by atomic mass is 19.1. The van der Waals surface area contributed by atoms with E-state index in [2.05, 4.69) is 10.1 Å². The molecule has 6 nitrogen and oxygen atoms in total. The number of hydrogen-bond acceptors (Lipinski definition) is 5. The van der Waals surface area contributed by atoms with Gasteiger partial charge in [0.1, 0.15) is 5.82 Å². The average molecular weight is 373 g/mol. The van der Waals surface area contributed by atoms with E-state index in [1.807, 2.05) is 4.90 Å². The third kappa shape index (κ3) is 3.74. The van der Waals surface area contributed by atoms with Gasteiger partial charge in [-0.2, -0.15) is 4.98 Å². The molecule has 4 rings (SSSR count). The number of methoxy groups -OCH3 is 1. The summed E-state index contributed by atoms with van der Waals surface area (Å²) in [5, 5.41) is 4.24. The highest BCUT2D eigenvalue weighted by Crippen LogP contribution is 2.39. The Balaban J connectivity index is 1.61. The molecule has 1 saturated carbocycles. The molecule has 1 aromatic carbocycles. The summed E-state index contributed by atoms with van der Waals surface area (Å²) in [7, 11) is 1.67. The molecule has 1 aromatic heterocycles. The highest BCUT2D eigenvalue weighted by molar-refractivity contribution is 5.81. The number of benzene rings is 1. The minimum absolute atomic E-state index is 0.197. The fraction of sp³-hybridized carbons (Fsp3) is 0.550. The maximum atomic E-state index is 13.2. The minimum atomic E-state index is -0.374. The van der Waals surface area contributed by atoms with Crippen LogP contribution < -0.4 is 0 Å². The summed E-state index contributed by atoms with van der Waals surface area (Å²) >= 11 is 0. The van der Waals surface area contributed by atoms with Gasteiger partial charge in [-0.25, -0.2) is 4.39 Å². The van der Waals surface area contributed by atoms with Crippen LogP contribution in [0.1, 0.15) is 37.9 Å². The number of amides is 1. The normalized spacial score (nSPS) is 22.8. The molecular formula is C20H24FN3O3. The second-order valence-electron chi connectivity index (χ2n) is 7.59. The molecule has 1 saturated heterocycles. The number of piperidine rings is 1. The van der Waals surface area contributed by atoms with Gasteiger partial charge in [-0.3, -0.25) is 4.79 Å². The summed E-state index contributed by atoms with van der Waals surface area (Å²) in [6, 6.07) is 5.99. The Kier molecular flexibility index (Phi) is 4.95. The van der Waals surface area contributed by atoms with Gasteiger partial charge in [0.05, 0.1) is 5.41 Å². The summed E-state index contributed by atoms with van der Waals surface area (Å²) in [4.78, 5) is 19.2. The van der Waals surface area contributed by atoms with Crippen molar-refractivity contribution in [3.8, 4) is 11.5 Å². The number of nitrogens with zero attached hydrogens (tertiary/aromatic N) is 3. The summed E-state index contributed by atoms with van der Waals surface area (Å²) in [5.74, 6) is 1.11. The summed E-state index contributed by atoms with van der Waals surface area (Å²) in [6.45, 7) is 1.94. The monoisotopic (exact) mass is 373 g/mol. The van der Waals surface area contributed by atoms with E-state index in [1.165, 1.54) is 12.1 Å². The van der Waals surface area contributed by atoms with Gasteiger partial charge in [0.25, 0.3) is 5.89 Å². The van der Waals surface area contributed by atoms with Crippen LogP contribution in [0.2, 0.25) is 0 Å². The predicted octanol–water partition coefficient (Wildman–Crippen LogP) is 3.18. The molecule has 0 spiro atoms. The fourth-order valence-corrected chi connectivity index (χ4v) is 3.85. The zero-order chi connectivity index (χ0) is 18.9. The van der Waals surface area contributed by atoms with Crippen molar-refractivity contribution >= 4 is 5.91 Å². The number of rotatable bonds is 6. The van der Waals surface area contributed by atoms with Gasteiger partial charge < -0.3 is 14.2 Å². The van der Waals surface area contributed by atoms with Gasteiger partial charge in [0, 0.05) is 38.3 Å². The molecule has 7 heteroatoms. The molecule has 1 unspecified atom stereocenters. The molecule has 2 aliphatic rings. The average Bonchev–Trinajstić information content (AvgIpc) is 3.42. The molecule has 1 atom stereocenters. The molecule has 1 amide bonds. The van der Waals surface area contributed by atoms with Crippen molar-refractivity contribution < 1.29 is 18.4 Å². The number of likely N-dealkylation sites (tertiary alicyclic amines) is 1. The third-order valence-electron chi connectivity index (χ3n) is 5.59. The van der Waals surface area contributed by atoms with E-state index in [1.54, 1.807) is 19.2 Å². The molecule has 0 bridgehead atoms. The van der Waals surface area contributed by atoms with Crippen LogP contribution in [0.4, 0.5) is 4.39 Å². The van der Waals surface area contributed by atoms with E-state index in [0.29, 0.717) is 30.4 Å². The molecule has 1 aliphatic carbocycles. The lowest BCUT2D eigenvalue weighted by Gasteiger charge is -2.41. The van der Waals surface area contributed by atoms with Crippen LogP contribution in [0.15, 0.2) is 28.8 Å². The lowest BCUT2D eigenvalue weighted by Crippen LogP contribution is -2.50. The quantitative estimate of drug-likeness (QED) is 0.778. The van der Waals surface area contributed by atoms with Crippen LogP contribution in [-0.4, -0.2) is 47.8 Å². The van der Waals surface area contributed by atoms with E-state index in [0.717, 1.165) is 38.6 Å². The number of carbonyl (C=O) groups is 1. The standard InChI is InChI=1S/C20H24FN3O3/c1-26-12-10-20(9-2-11-24(13-20)18(25)15-3-4-15)19-22-17(27-23-19)14-5-7-16(21)8-6-14/h5-8,15H,2-4,9-13H2,1H3. The molecule has 0 radical (unpaired) electrons. The number of hydrogen-bond donors (Lipinski definition) is 0. The Labute approximate surface area is 157 Å². The van der Waals surface area contributed by atoms with Crippen LogP contribution in [0.3, 0.4) is 0 Å². The van der Waals surface area contributed by atoms with Gasteiger partial charge >= 0.3 is 0 Å². The van der Waals surface area contributed by atoms with Crippen molar-refractivity contribution in [2.75, 3.05) is 26.8 Å². The van der Waals surface area contributed by atoms with E-state index in [9.17, 15) is 9.18 Å². The zero-order valence-corrected chi connectivity index (χ0v) is 15.5. The first-order valence-corrected chi connectivity index (χ1v) is 9.49. The maximum absolute atomic E-state index is 13.2. The summed E-state index contributed by atoms with van der Waals surface area (Å²) in [5.41, 5.74) is 0.305. The van der Waals surface area contributed by atoms with Gasteiger partial charge in [-0.15, -0.1) is 0 Å². The lowest BCUT2D eigenvalue weighted by atomic mass is 9.76. The topological polar surface area (TPSA) is 68.5 Å². The largest absolute Gasteiger partial charge is 0.385 e. The van der Waals surface area contributed by atoms with Crippen molar-refractivity contribution in [3.63, 3.8) is 0 Å². The minimum Gasteiger partial charge on any atom is -0.385 e. The van der Waals surface area contributed by atoms with E-state index >= 15 is 0 Å². The number of aromatic nitrogens is 2. The number of halogens is 1. The zero-order valence-electron chi connectivity index (χ0n) is 15.5. The Morgan fingerprint density at radius 2 is 2.15 bits per heavy atom. The van der Waals surface area contributed by atoms with Crippen LogP contribution in [0, 0.1) is 11.7 Å². The second-order valence-corrected chi connectivity index (χ2v) is 7.59. The molecule has 27 heavy (non-hydrogen) atoms. The molecule has 144 valence electrons. The summed E-state index contributed by atoms with van der Waals surface area (Å²) < 4.78 is 24.0. The smallest absolute Gasteiger partial charge is 0.257 e. The predicted molar refractivity (Wildman–Crippen MR) is 96.4 cm³/mol. The fourth-order valence-electron chi connectivity index (χ4n) is 3.85. The molecule has 1 aliphatic heterocycles. The van der Waals surface area contributed by atoms with Gasteiger partial charge in [0.2, 0.25) is 5.91 Å². The van der Waals surface area contributed by atoms with Crippen molar-refractivity contribution in [3.05, 3.63) is 35.9 Å². The second kappa shape index (κ2) is 7.38. The number of carbonyl (C=O) groups excluding carboxylic acids is 1. The first kappa shape index (κ1) is 18.1. The van der Waals surface area contributed by atoms with Gasteiger partial charge in [-0.05, 0) is 56.4 Å².